The molecule has 1 aliphatic rings. The zero-order valence-corrected chi connectivity index (χ0v) is 12.1. The van der Waals surface area contributed by atoms with Gasteiger partial charge in [-0.05, 0) is 11.6 Å². The van der Waals surface area contributed by atoms with Crippen molar-refractivity contribution in [3.63, 3.8) is 0 Å². The molecule has 1 fully saturated rings. The molecule has 9 heteroatoms. The van der Waals surface area contributed by atoms with E-state index < -0.39 is 27.0 Å². The van der Waals surface area contributed by atoms with Gasteiger partial charge in [-0.2, -0.15) is 0 Å². The maximum absolute atomic E-state index is 12.8. The van der Waals surface area contributed by atoms with E-state index in [4.69, 9.17) is 64.4 Å². The number of carbonyl (C=O) groups is 1. The molecule has 0 saturated heterocycles. The van der Waals surface area contributed by atoms with Crippen LogP contribution in [0.5, 0.6) is 0 Å². The quantitative estimate of drug-likeness (QED) is 0.727. The smallest absolute Gasteiger partial charge is 0.144 e. The molecule has 2 N–H and O–H groups in total. The highest BCUT2D eigenvalue weighted by Gasteiger charge is 2.61. The van der Waals surface area contributed by atoms with Gasteiger partial charge in [-0.1, -0.05) is 46.6 Å². The minimum atomic E-state index is -2.11. The van der Waals surface area contributed by atoms with E-state index in [1.54, 1.807) is 18.2 Å². The van der Waals surface area contributed by atoms with E-state index in [0.29, 0.717) is 0 Å². The third-order valence-electron chi connectivity index (χ3n) is 4.12. The van der Waals surface area contributed by atoms with E-state index in [1.807, 2.05) is 0 Å². The molecule has 1 aromatic carbocycles. The van der Waals surface area contributed by atoms with Crippen molar-refractivity contribution in [3.8, 4) is 0 Å². The van der Waals surface area contributed by atoms with Crippen LogP contribution in [0.15, 0.2) is 24.3 Å². The van der Waals surface area contributed by atoms with Gasteiger partial charge in [0.2, 0.25) is 0 Å². The highest BCUT2D eigenvalue weighted by Crippen LogP contribution is 2.63. The molecule has 1 aliphatic carbocycles. The van der Waals surface area contributed by atoms with Crippen molar-refractivity contribution >= 4 is 64.5 Å². The normalized spacial score (nSPS) is 29.9. The topological polar surface area (TPSA) is 43.1 Å². The molecule has 0 spiro atoms. The van der Waals surface area contributed by atoms with E-state index in [2.05, 4.69) is 0 Å². The zero-order valence-electron chi connectivity index (χ0n) is 11.3. The van der Waals surface area contributed by atoms with Crippen molar-refractivity contribution in [2.45, 2.75) is 27.6 Å². The fraction of sp³-hybridized carbons (Fsp3) is 0.417. The molecule has 1 unspecified atom stereocenters. The van der Waals surface area contributed by atoms with Crippen molar-refractivity contribution in [1.29, 1.82) is 0 Å². The first-order valence-corrected chi connectivity index (χ1v) is 6.58. The van der Waals surface area contributed by atoms with Gasteiger partial charge >= 0.3 is 0 Å². The second-order valence-electron chi connectivity index (χ2n) is 5.74. The Hall–Kier alpha value is -0.470. The third-order valence-corrected chi connectivity index (χ3v) is 4.45. The number of benzene rings is 1. The van der Waals surface area contributed by atoms with Gasteiger partial charge in [0.15, 0.2) is 0 Å². The van der Waals surface area contributed by atoms with E-state index in [1.165, 1.54) is 6.07 Å². The highest BCUT2D eigenvalue weighted by atomic mass is 35.5. The molecule has 0 heterocycles. The Morgan fingerprint density at radius 2 is 1.52 bits per heavy atom. The van der Waals surface area contributed by atoms with Crippen LogP contribution in [0.2, 0.25) is 20.7 Å². The number of Topliss-reactive ketones (excluding diaryl/α,β-unsaturated/α-hetero) is 1. The van der Waals surface area contributed by atoms with E-state index in [9.17, 15) is 4.79 Å². The molecule has 2 nitrogen and oxygen atoms in total. The largest absolute Gasteiger partial charge is 0.316 e. The Kier molecular flexibility index (Phi) is 3.83. The Bertz CT molecular complexity index is 605. The summed E-state index contributed by atoms with van der Waals surface area (Å²) in [5.74, 6) is -0.871. The number of ketones is 1. The minimum Gasteiger partial charge on any atom is -0.316 e. The fourth-order valence-corrected chi connectivity index (χ4v) is 2.96. The van der Waals surface area contributed by atoms with Crippen molar-refractivity contribution < 1.29 is 4.79 Å². The van der Waals surface area contributed by atoms with Crippen LogP contribution in [-0.2, 0) is 10.3 Å². The van der Waals surface area contributed by atoms with Crippen LogP contribution >= 0.6 is 11.6 Å². The van der Waals surface area contributed by atoms with Gasteiger partial charge in [-0.3, -0.25) is 4.79 Å². The highest BCUT2D eigenvalue weighted by molar-refractivity contribution is 6.64. The predicted molar refractivity (Wildman–Crippen MR) is 89.5 cm³/mol. The number of carbonyl (C=O) groups excluding carboxylic acids is 1. The summed E-state index contributed by atoms with van der Waals surface area (Å²) >= 11 is 6.12. The number of halogens is 1. The summed E-state index contributed by atoms with van der Waals surface area (Å²) in [5, 5.41) is -5.48. The summed E-state index contributed by atoms with van der Waals surface area (Å²) in [6, 6.07) is 6.40. The van der Waals surface area contributed by atoms with E-state index >= 15 is 0 Å². The lowest BCUT2D eigenvalue weighted by Gasteiger charge is -2.61. The van der Waals surface area contributed by atoms with Gasteiger partial charge in [-0.15, -0.1) is 5.21 Å². The molecule has 1 atom stereocenters. The zero-order chi connectivity index (χ0) is 16.3. The van der Waals surface area contributed by atoms with Gasteiger partial charge in [0.25, 0.3) is 0 Å². The van der Waals surface area contributed by atoms with Crippen molar-refractivity contribution in [2.24, 2.45) is 5.73 Å². The first kappa shape index (κ1) is 16.9. The molecule has 1 aromatic rings. The molecule has 0 bridgehead atoms. The molecule has 92 valence electrons. The Morgan fingerprint density at radius 1 is 1.00 bits per heavy atom. The molecule has 1 saturated carbocycles. The second kappa shape index (κ2) is 4.76. The van der Waals surface area contributed by atoms with Crippen molar-refractivity contribution in [1.82, 2.24) is 0 Å². The van der Waals surface area contributed by atoms with Crippen LogP contribution in [0.1, 0.15) is 12.0 Å². The van der Waals surface area contributed by atoms with E-state index in [0.717, 1.165) is 0 Å². The summed E-state index contributed by atoms with van der Waals surface area (Å²) < 4.78 is 0. The van der Waals surface area contributed by atoms with E-state index in [-0.39, 0.29) is 17.0 Å². The maximum atomic E-state index is 12.8. The predicted octanol–water partition coefficient (Wildman–Crippen LogP) is -0.174. The Labute approximate surface area is 137 Å². The minimum absolute atomic E-state index is 0.214. The number of hydrogen-bond acceptors (Lipinski definition) is 2. The van der Waals surface area contributed by atoms with Crippen molar-refractivity contribution in [3.05, 3.63) is 34.9 Å². The lowest BCUT2D eigenvalue weighted by atomic mass is 9.18. The average molecular weight is 283 g/mol. The Morgan fingerprint density at radius 3 is 2.05 bits per heavy atom. The van der Waals surface area contributed by atoms with Crippen LogP contribution in [-0.4, -0.2) is 52.9 Å². The first-order chi connectivity index (χ1) is 9.38. The SMILES string of the molecule is [B]C1([B])CC([B])([B])C(N)(c2ccccc2Cl)C(=O)C1([B])[B]. The maximum Gasteiger partial charge on any atom is 0.144 e. The number of hydrogen-bond donors (Lipinski definition) is 1. The molecular weight excluding hydrogens is 274 g/mol. The molecule has 21 heavy (non-hydrogen) atoms. The average Bonchev–Trinajstić information content (AvgIpc) is 2.34. The van der Waals surface area contributed by atoms with Crippen LogP contribution in [0.3, 0.4) is 0 Å². The summed E-state index contributed by atoms with van der Waals surface area (Å²) in [6.45, 7) is 0. The second-order valence-corrected chi connectivity index (χ2v) is 6.15. The monoisotopic (exact) mass is 283 g/mol. The van der Waals surface area contributed by atoms with Crippen LogP contribution < -0.4 is 5.73 Å². The molecule has 12 radical (unpaired) electrons. The lowest BCUT2D eigenvalue weighted by molar-refractivity contribution is -0.128. The summed E-state index contributed by atoms with van der Waals surface area (Å²) in [4.78, 5) is 12.8. The lowest BCUT2D eigenvalue weighted by Crippen LogP contribution is -2.66. The molecular formula is C12H8B6ClNO. The standard InChI is InChI=1S/C12H8B6ClNO/c13-9(14)5-10(15,16)12(17,18)8(21)11(9,20)6-3-1-2-4-7(6)19/h1-4H,5,20H2. The third kappa shape index (κ3) is 2.17. The van der Waals surface area contributed by atoms with Crippen LogP contribution in [0.4, 0.5) is 0 Å². The Balaban J connectivity index is 2.72. The summed E-state index contributed by atoms with van der Waals surface area (Å²) in [5.41, 5.74) is 4.54. The van der Waals surface area contributed by atoms with Gasteiger partial charge < -0.3 is 5.73 Å². The molecule has 2 rings (SSSR count). The first-order valence-electron chi connectivity index (χ1n) is 6.20. The molecule has 0 amide bonds. The summed E-state index contributed by atoms with van der Waals surface area (Å²) in [6.07, 6.45) is -0.277. The van der Waals surface area contributed by atoms with Crippen LogP contribution in [0.25, 0.3) is 0 Å². The number of rotatable bonds is 1. The van der Waals surface area contributed by atoms with Gasteiger partial charge in [-0.25, -0.2) is 0 Å². The van der Waals surface area contributed by atoms with Crippen molar-refractivity contribution in [2.75, 3.05) is 0 Å². The van der Waals surface area contributed by atoms with Gasteiger partial charge in [0, 0.05) is 5.02 Å². The fourth-order valence-electron chi connectivity index (χ4n) is 2.67. The van der Waals surface area contributed by atoms with Gasteiger partial charge in [0.05, 0.1) is 52.6 Å². The summed E-state index contributed by atoms with van der Waals surface area (Å²) in [7, 11) is 35.4. The molecule has 0 aromatic heterocycles. The van der Waals surface area contributed by atoms with Crippen LogP contribution in [0, 0.1) is 0 Å². The van der Waals surface area contributed by atoms with Gasteiger partial charge in [0.1, 0.15) is 5.78 Å². The molecule has 0 aliphatic heterocycles. The number of nitrogens with two attached hydrogens (primary N) is 1.